The molecule has 2 aromatic carbocycles. The van der Waals surface area contributed by atoms with Crippen molar-refractivity contribution in [3.63, 3.8) is 0 Å². The molecule has 0 aliphatic carbocycles. The molecule has 3 aromatic rings. The van der Waals surface area contributed by atoms with E-state index in [9.17, 15) is 18.1 Å². The van der Waals surface area contributed by atoms with Gasteiger partial charge >= 0.3 is 0 Å². The zero-order chi connectivity index (χ0) is 21.3. The van der Waals surface area contributed by atoms with Gasteiger partial charge in [0.15, 0.2) is 11.1 Å². The average Bonchev–Trinajstić information content (AvgIpc) is 2.74. The van der Waals surface area contributed by atoms with Crippen LogP contribution in [0.1, 0.15) is 30.7 Å². The van der Waals surface area contributed by atoms with Crippen LogP contribution in [0.15, 0.2) is 53.4 Å². The molecule has 1 aliphatic rings. The Kier molecular flexibility index (Phi) is 5.39. The second-order valence-corrected chi connectivity index (χ2v) is 9.63. The first kappa shape index (κ1) is 20.2. The van der Waals surface area contributed by atoms with Crippen molar-refractivity contribution in [1.82, 2.24) is 9.97 Å². The van der Waals surface area contributed by atoms with Crippen LogP contribution in [0.5, 0.6) is 0 Å². The minimum Gasteiger partial charge on any atom is -0.355 e. The molecule has 0 radical (unpaired) electrons. The average molecular weight is 425 g/mol. The Hall–Kier alpha value is -3.05. The molecule has 2 heterocycles. The minimum atomic E-state index is -4.12. The number of fused-ring (bicyclic) bond motifs is 1. The predicted octanol–water partition coefficient (Wildman–Crippen LogP) is 4.04. The zero-order valence-corrected chi connectivity index (χ0v) is 17.3. The van der Waals surface area contributed by atoms with Crippen LogP contribution in [0.2, 0.25) is 0 Å². The third kappa shape index (κ3) is 3.73. The molecular weight excluding hydrogens is 403 g/mol. The molecule has 0 spiro atoms. The lowest BCUT2D eigenvalue weighted by molar-refractivity contribution is 0.436. The van der Waals surface area contributed by atoms with Gasteiger partial charge in [0, 0.05) is 13.1 Å². The second-order valence-electron chi connectivity index (χ2n) is 7.60. The Bertz CT molecular complexity index is 1210. The maximum Gasteiger partial charge on any atom is 0.200 e. The number of halogens is 1. The third-order valence-corrected chi connectivity index (χ3v) is 7.36. The molecule has 1 atom stereocenters. The Labute approximate surface area is 174 Å². The fourth-order valence-electron chi connectivity index (χ4n) is 3.67. The fraction of sp³-hybridized carbons (Fsp3) is 0.318. The van der Waals surface area contributed by atoms with Gasteiger partial charge in [-0.1, -0.05) is 19.1 Å². The van der Waals surface area contributed by atoms with Crippen molar-refractivity contribution in [1.29, 1.82) is 5.26 Å². The monoisotopic (exact) mass is 424 g/mol. The van der Waals surface area contributed by atoms with E-state index in [-0.39, 0.29) is 10.6 Å². The van der Waals surface area contributed by atoms with Crippen molar-refractivity contribution < 1.29 is 12.8 Å². The maximum atomic E-state index is 13.3. The van der Waals surface area contributed by atoms with Crippen LogP contribution in [0, 0.1) is 23.1 Å². The number of sulfone groups is 1. The van der Waals surface area contributed by atoms with Crippen LogP contribution in [-0.2, 0) is 9.84 Å². The molecule has 0 unspecified atom stereocenters. The molecule has 0 saturated carbocycles. The topological polar surface area (TPSA) is 86.9 Å². The van der Waals surface area contributed by atoms with Crippen LogP contribution in [0.25, 0.3) is 11.0 Å². The van der Waals surface area contributed by atoms with Gasteiger partial charge in [-0.05, 0) is 55.2 Å². The highest BCUT2D eigenvalue weighted by molar-refractivity contribution is 7.92. The van der Waals surface area contributed by atoms with Crippen molar-refractivity contribution in [2.45, 2.75) is 29.9 Å². The molecule has 0 amide bonds. The summed E-state index contributed by atoms with van der Waals surface area (Å²) in [6.07, 6.45) is 1.91. The van der Waals surface area contributed by atoms with Crippen molar-refractivity contribution >= 4 is 26.7 Å². The highest BCUT2D eigenvalue weighted by Gasteiger charge is 2.35. The lowest BCUT2D eigenvalue weighted by Gasteiger charge is -2.32. The van der Waals surface area contributed by atoms with Gasteiger partial charge in [-0.25, -0.2) is 22.8 Å². The van der Waals surface area contributed by atoms with Gasteiger partial charge in [-0.2, -0.15) is 5.26 Å². The molecule has 1 fully saturated rings. The van der Waals surface area contributed by atoms with E-state index >= 15 is 0 Å². The van der Waals surface area contributed by atoms with Crippen LogP contribution < -0.4 is 4.90 Å². The summed E-state index contributed by atoms with van der Waals surface area (Å²) in [7, 11) is -4.12. The second kappa shape index (κ2) is 8.00. The molecule has 1 saturated heterocycles. The molecule has 1 aromatic heterocycles. The van der Waals surface area contributed by atoms with E-state index in [0.717, 1.165) is 38.1 Å². The van der Waals surface area contributed by atoms with E-state index in [1.807, 2.05) is 23.1 Å². The molecule has 4 rings (SSSR count). The molecule has 0 N–H and O–H groups in total. The van der Waals surface area contributed by atoms with Crippen LogP contribution in [-0.4, -0.2) is 31.5 Å². The van der Waals surface area contributed by atoms with Gasteiger partial charge in [0.2, 0.25) is 9.84 Å². The Morgan fingerprint density at radius 2 is 1.67 bits per heavy atom. The number of hydrogen-bond acceptors (Lipinski definition) is 6. The van der Waals surface area contributed by atoms with Gasteiger partial charge < -0.3 is 4.90 Å². The van der Waals surface area contributed by atoms with Crippen molar-refractivity contribution in [3.05, 3.63) is 60.0 Å². The minimum absolute atomic E-state index is 0.120. The third-order valence-electron chi connectivity index (χ3n) is 5.48. The number of anilines is 1. The summed E-state index contributed by atoms with van der Waals surface area (Å²) in [6, 6.07) is 13.6. The lowest BCUT2D eigenvalue weighted by atomic mass is 9.99. The molecular formula is C22H21FN4O2S. The molecule has 6 nitrogen and oxygen atoms in total. The molecule has 0 bridgehead atoms. The van der Waals surface area contributed by atoms with Crippen molar-refractivity contribution in [2.24, 2.45) is 5.92 Å². The summed E-state index contributed by atoms with van der Waals surface area (Å²) < 4.78 is 39.8. The van der Waals surface area contributed by atoms with Gasteiger partial charge in [0.05, 0.1) is 22.0 Å². The van der Waals surface area contributed by atoms with Gasteiger partial charge in [0.1, 0.15) is 11.5 Å². The SMILES string of the molecule is CC1CCN(c2nc3ccccc3nc2[C@@H](C#N)S(=O)(=O)c2ccc(F)cc2)CC1. The van der Waals surface area contributed by atoms with Crippen LogP contribution in [0.4, 0.5) is 10.2 Å². The highest BCUT2D eigenvalue weighted by atomic mass is 32.2. The number of aromatic nitrogens is 2. The van der Waals surface area contributed by atoms with Gasteiger partial charge in [-0.15, -0.1) is 0 Å². The zero-order valence-electron chi connectivity index (χ0n) is 16.5. The van der Waals surface area contributed by atoms with Crippen LogP contribution in [0.3, 0.4) is 0 Å². The summed E-state index contributed by atoms with van der Waals surface area (Å²) in [5, 5.41) is 8.33. The summed E-state index contributed by atoms with van der Waals surface area (Å²) in [4.78, 5) is 11.2. The number of nitrogens with zero attached hydrogens (tertiary/aromatic N) is 4. The summed E-state index contributed by atoms with van der Waals surface area (Å²) in [5.74, 6) is 0.460. The van der Waals surface area contributed by atoms with E-state index < -0.39 is 20.9 Å². The number of piperidine rings is 1. The Morgan fingerprint density at radius 1 is 1.07 bits per heavy atom. The number of benzene rings is 2. The maximum absolute atomic E-state index is 13.3. The van der Waals surface area contributed by atoms with Crippen molar-refractivity contribution in [2.75, 3.05) is 18.0 Å². The van der Waals surface area contributed by atoms with Gasteiger partial charge in [0.25, 0.3) is 0 Å². The standard InChI is InChI=1S/C22H21FN4O2S/c1-15-10-12-27(13-11-15)22-21(25-18-4-2-3-5-19(18)26-22)20(14-24)30(28,29)17-8-6-16(23)7-9-17/h2-9,15,20H,10-13H2,1H3/t20-/m1/s1. The smallest absolute Gasteiger partial charge is 0.200 e. The number of hydrogen-bond donors (Lipinski definition) is 0. The first-order valence-electron chi connectivity index (χ1n) is 9.81. The molecule has 8 heteroatoms. The fourth-order valence-corrected chi connectivity index (χ4v) is 5.05. The normalized spacial score (nSPS) is 16.4. The first-order valence-corrected chi connectivity index (χ1v) is 11.4. The Balaban J connectivity index is 1.87. The van der Waals surface area contributed by atoms with E-state index in [4.69, 9.17) is 4.98 Å². The first-order chi connectivity index (χ1) is 14.4. The summed E-state index contributed by atoms with van der Waals surface area (Å²) >= 11 is 0. The quantitative estimate of drug-likeness (QED) is 0.588. The summed E-state index contributed by atoms with van der Waals surface area (Å²) in [5.41, 5.74) is 1.29. The number of nitriles is 1. The molecule has 154 valence electrons. The van der Waals surface area contributed by atoms with E-state index in [1.165, 1.54) is 12.1 Å². The number of rotatable bonds is 4. The number of para-hydroxylation sites is 2. The predicted molar refractivity (Wildman–Crippen MR) is 112 cm³/mol. The molecule has 1 aliphatic heterocycles. The molecule has 30 heavy (non-hydrogen) atoms. The van der Waals surface area contributed by atoms with Crippen LogP contribution >= 0.6 is 0 Å². The summed E-state index contributed by atoms with van der Waals surface area (Å²) in [6.45, 7) is 3.62. The largest absolute Gasteiger partial charge is 0.355 e. The van der Waals surface area contributed by atoms with E-state index in [0.29, 0.717) is 22.8 Å². The highest BCUT2D eigenvalue weighted by Crippen LogP contribution is 2.35. The van der Waals surface area contributed by atoms with E-state index in [2.05, 4.69) is 11.9 Å². The Morgan fingerprint density at radius 3 is 2.27 bits per heavy atom. The van der Waals surface area contributed by atoms with Crippen molar-refractivity contribution in [3.8, 4) is 6.07 Å². The van der Waals surface area contributed by atoms with E-state index in [1.54, 1.807) is 12.1 Å². The lowest BCUT2D eigenvalue weighted by Crippen LogP contribution is -2.35. The van der Waals surface area contributed by atoms with Gasteiger partial charge in [-0.3, -0.25) is 0 Å².